The first-order valence-corrected chi connectivity index (χ1v) is 10.5. The molecule has 0 bridgehead atoms. The van der Waals surface area contributed by atoms with Crippen LogP contribution in [0.2, 0.25) is 0 Å². The molecule has 1 N–H and O–H groups in total. The fraction of sp³-hybridized carbons (Fsp3) is 0.667. The van der Waals surface area contributed by atoms with E-state index in [0.717, 1.165) is 50.7 Å². The molecule has 1 aromatic heterocycles. The zero-order valence-electron chi connectivity index (χ0n) is 15.9. The van der Waals surface area contributed by atoms with Gasteiger partial charge in [0.2, 0.25) is 10.3 Å². The van der Waals surface area contributed by atoms with Crippen molar-refractivity contribution in [2.75, 3.05) is 54.9 Å². The van der Waals surface area contributed by atoms with E-state index in [1.165, 1.54) is 24.2 Å². The third kappa shape index (κ3) is 3.45. The molecule has 2 fully saturated rings. The van der Waals surface area contributed by atoms with Gasteiger partial charge in [0.1, 0.15) is 11.4 Å². The molecule has 0 spiro atoms. The van der Waals surface area contributed by atoms with Gasteiger partial charge < -0.3 is 20.0 Å². The largest absolute Gasteiger partial charge is 0.377 e. The highest BCUT2D eigenvalue weighted by atomic mass is 32.1. The molecule has 0 unspecified atom stereocenters. The number of nitrogens with zero attached hydrogens (tertiary/aromatic N) is 5. The van der Waals surface area contributed by atoms with Gasteiger partial charge in [-0.25, -0.2) is 0 Å². The maximum absolute atomic E-state index is 12.2. The SMILES string of the molecule is CCN1CCN(c2nnc(N(C)c3c(NC4CCCC4)c(=O)c3=O)s2)CC1. The highest BCUT2D eigenvalue weighted by Gasteiger charge is 2.29. The molecular weight excluding hydrogens is 364 g/mol. The maximum atomic E-state index is 12.2. The Morgan fingerprint density at radius 2 is 1.81 bits per heavy atom. The number of nitrogens with one attached hydrogen (secondary N) is 1. The molecule has 1 aromatic carbocycles. The standard InChI is InChI=1S/C18H26N6O2S/c1-3-23-8-10-24(11-9-23)18-21-20-17(27-18)22(2)14-13(15(25)16(14)26)19-12-6-4-5-7-12/h12,19H,3-11H2,1-2H3. The van der Waals surface area contributed by atoms with E-state index in [2.05, 4.69) is 32.2 Å². The lowest BCUT2D eigenvalue weighted by molar-refractivity contribution is 0.271. The van der Waals surface area contributed by atoms with Gasteiger partial charge in [0.15, 0.2) is 0 Å². The first-order valence-electron chi connectivity index (χ1n) is 9.73. The Morgan fingerprint density at radius 1 is 1.11 bits per heavy atom. The van der Waals surface area contributed by atoms with Crippen LogP contribution in [-0.4, -0.2) is 60.9 Å². The summed E-state index contributed by atoms with van der Waals surface area (Å²) in [7, 11) is 1.79. The lowest BCUT2D eigenvalue weighted by Crippen LogP contribution is -2.46. The van der Waals surface area contributed by atoms with Crippen LogP contribution in [0.5, 0.6) is 0 Å². The topological polar surface area (TPSA) is 81.7 Å². The number of hydrogen-bond donors (Lipinski definition) is 1. The quantitative estimate of drug-likeness (QED) is 0.742. The van der Waals surface area contributed by atoms with Crippen molar-refractivity contribution in [1.29, 1.82) is 0 Å². The van der Waals surface area contributed by atoms with Crippen LogP contribution >= 0.6 is 11.3 Å². The van der Waals surface area contributed by atoms with E-state index in [4.69, 9.17) is 0 Å². The van der Waals surface area contributed by atoms with Gasteiger partial charge in [0.25, 0.3) is 10.9 Å². The van der Waals surface area contributed by atoms with Crippen LogP contribution in [0, 0.1) is 0 Å². The van der Waals surface area contributed by atoms with Gasteiger partial charge in [-0.1, -0.05) is 31.1 Å². The fourth-order valence-electron chi connectivity index (χ4n) is 3.93. The maximum Gasteiger partial charge on any atom is 0.253 e. The molecule has 1 aliphatic carbocycles. The van der Waals surface area contributed by atoms with Gasteiger partial charge in [-0.05, 0) is 19.4 Å². The molecule has 2 heterocycles. The number of anilines is 4. The van der Waals surface area contributed by atoms with Gasteiger partial charge in [-0.15, -0.1) is 10.2 Å². The molecule has 146 valence electrons. The Labute approximate surface area is 162 Å². The Hall–Kier alpha value is -2.00. The van der Waals surface area contributed by atoms with Crippen LogP contribution in [-0.2, 0) is 0 Å². The minimum atomic E-state index is -0.439. The van der Waals surface area contributed by atoms with Crippen molar-refractivity contribution < 1.29 is 0 Å². The number of aromatic nitrogens is 2. The lowest BCUT2D eigenvalue weighted by Gasteiger charge is -2.33. The highest BCUT2D eigenvalue weighted by Crippen LogP contribution is 2.34. The smallest absolute Gasteiger partial charge is 0.253 e. The summed E-state index contributed by atoms with van der Waals surface area (Å²) in [5.74, 6) is 0. The van der Waals surface area contributed by atoms with Crippen molar-refractivity contribution in [3.8, 4) is 0 Å². The van der Waals surface area contributed by atoms with Gasteiger partial charge in [0, 0.05) is 39.3 Å². The van der Waals surface area contributed by atoms with E-state index in [1.807, 2.05) is 0 Å². The van der Waals surface area contributed by atoms with Crippen LogP contribution in [0.25, 0.3) is 0 Å². The second-order valence-corrected chi connectivity index (χ2v) is 8.29. The summed E-state index contributed by atoms with van der Waals surface area (Å²) in [4.78, 5) is 30.6. The van der Waals surface area contributed by atoms with Gasteiger partial charge in [-0.2, -0.15) is 0 Å². The first kappa shape index (κ1) is 18.4. The van der Waals surface area contributed by atoms with E-state index >= 15 is 0 Å². The Bertz CT molecular complexity index is 860. The number of piperazine rings is 1. The highest BCUT2D eigenvalue weighted by molar-refractivity contribution is 7.19. The second kappa shape index (κ2) is 7.55. The van der Waals surface area contributed by atoms with E-state index < -0.39 is 10.9 Å². The molecule has 1 saturated carbocycles. The van der Waals surface area contributed by atoms with Crippen molar-refractivity contribution >= 4 is 33.0 Å². The van der Waals surface area contributed by atoms with Crippen LogP contribution in [0.3, 0.4) is 0 Å². The third-order valence-electron chi connectivity index (χ3n) is 5.70. The molecule has 9 heteroatoms. The zero-order valence-corrected chi connectivity index (χ0v) is 16.7. The second-order valence-electron chi connectivity index (χ2n) is 7.36. The third-order valence-corrected chi connectivity index (χ3v) is 6.77. The lowest BCUT2D eigenvalue weighted by atomic mass is 10.1. The Morgan fingerprint density at radius 3 is 2.48 bits per heavy atom. The molecule has 2 aromatic rings. The molecule has 1 aliphatic heterocycles. The fourth-order valence-corrected chi connectivity index (χ4v) is 4.80. The first-order chi connectivity index (χ1) is 13.1. The molecule has 8 nitrogen and oxygen atoms in total. The average molecular weight is 391 g/mol. The summed E-state index contributed by atoms with van der Waals surface area (Å²) in [6.07, 6.45) is 4.44. The van der Waals surface area contributed by atoms with Crippen LogP contribution < -0.4 is 26.0 Å². The summed E-state index contributed by atoms with van der Waals surface area (Å²) < 4.78 is 0. The number of rotatable bonds is 6. The van der Waals surface area contributed by atoms with E-state index in [1.54, 1.807) is 11.9 Å². The molecule has 1 saturated heterocycles. The average Bonchev–Trinajstić information content (AvgIpc) is 3.39. The minimum absolute atomic E-state index is 0.292. The predicted molar refractivity (Wildman–Crippen MR) is 110 cm³/mol. The Balaban J connectivity index is 1.48. The summed E-state index contributed by atoms with van der Waals surface area (Å²) in [5, 5.41) is 13.4. The van der Waals surface area contributed by atoms with E-state index in [0.29, 0.717) is 22.5 Å². The van der Waals surface area contributed by atoms with E-state index in [9.17, 15) is 9.59 Å². The van der Waals surface area contributed by atoms with Crippen LogP contribution in [0.4, 0.5) is 21.6 Å². The Kier molecular flexibility index (Phi) is 5.14. The summed E-state index contributed by atoms with van der Waals surface area (Å²) in [5.41, 5.74) is 0.0172. The van der Waals surface area contributed by atoms with Crippen molar-refractivity contribution in [3.05, 3.63) is 20.4 Å². The summed E-state index contributed by atoms with van der Waals surface area (Å²) in [6, 6.07) is 0.292. The number of likely N-dealkylation sites (N-methyl/N-ethyl adjacent to an activating group) is 1. The van der Waals surface area contributed by atoms with Gasteiger partial charge >= 0.3 is 0 Å². The minimum Gasteiger partial charge on any atom is -0.377 e. The summed E-state index contributed by atoms with van der Waals surface area (Å²) >= 11 is 1.47. The normalized spacial score (nSPS) is 19.1. The van der Waals surface area contributed by atoms with Gasteiger partial charge in [0.05, 0.1) is 0 Å². The van der Waals surface area contributed by atoms with Crippen LogP contribution in [0.1, 0.15) is 32.6 Å². The molecule has 4 rings (SSSR count). The van der Waals surface area contributed by atoms with Crippen molar-refractivity contribution in [3.63, 3.8) is 0 Å². The van der Waals surface area contributed by atoms with Crippen molar-refractivity contribution in [1.82, 2.24) is 15.1 Å². The van der Waals surface area contributed by atoms with Gasteiger partial charge in [-0.3, -0.25) is 9.59 Å². The molecule has 0 amide bonds. The molecule has 0 radical (unpaired) electrons. The molecule has 2 aliphatic rings. The zero-order chi connectivity index (χ0) is 19.0. The molecular formula is C18H26N6O2S. The summed E-state index contributed by atoms with van der Waals surface area (Å²) in [6.45, 7) is 7.15. The van der Waals surface area contributed by atoms with E-state index in [-0.39, 0.29) is 0 Å². The molecule has 27 heavy (non-hydrogen) atoms. The van der Waals surface area contributed by atoms with Crippen molar-refractivity contribution in [2.45, 2.75) is 38.6 Å². The van der Waals surface area contributed by atoms with Crippen LogP contribution in [0.15, 0.2) is 9.59 Å². The monoisotopic (exact) mass is 390 g/mol. The van der Waals surface area contributed by atoms with Crippen molar-refractivity contribution in [2.24, 2.45) is 0 Å². The number of hydrogen-bond acceptors (Lipinski definition) is 9. The predicted octanol–water partition coefficient (Wildman–Crippen LogP) is 1.40. The molecule has 0 atom stereocenters.